The second-order valence-electron chi connectivity index (χ2n) is 8.76. The normalized spacial score (nSPS) is 13.7. The topological polar surface area (TPSA) is 105 Å². The van der Waals surface area contributed by atoms with Crippen molar-refractivity contribution < 1.29 is 27.5 Å². The number of sulfonamides is 1. The Morgan fingerprint density at radius 1 is 1.00 bits per heavy atom. The molecule has 9 nitrogen and oxygen atoms in total. The number of carbonyl (C=O) groups excluding carboxylic acids is 2. The Morgan fingerprint density at radius 2 is 1.66 bits per heavy atom. The van der Waals surface area contributed by atoms with Crippen LogP contribution in [0.3, 0.4) is 0 Å². The zero-order chi connectivity index (χ0) is 25.6. The van der Waals surface area contributed by atoms with Gasteiger partial charge in [-0.25, -0.2) is 8.42 Å². The van der Waals surface area contributed by atoms with Crippen LogP contribution in [0.2, 0.25) is 0 Å². The fourth-order valence-electron chi connectivity index (χ4n) is 3.78. The number of amides is 2. The second-order valence-corrected chi connectivity index (χ2v) is 10.7. The quantitative estimate of drug-likeness (QED) is 0.533. The number of hydrogen-bond donors (Lipinski definition) is 1. The lowest BCUT2D eigenvalue weighted by atomic mass is 10.1. The second kappa shape index (κ2) is 11.4. The third-order valence-electron chi connectivity index (χ3n) is 5.58. The van der Waals surface area contributed by atoms with Crippen LogP contribution in [0.1, 0.15) is 26.3 Å². The van der Waals surface area contributed by atoms with Gasteiger partial charge in [0.05, 0.1) is 11.9 Å². The van der Waals surface area contributed by atoms with Gasteiger partial charge in [-0.15, -0.1) is 0 Å². The number of carbonyl (C=O) groups is 2. The molecule has 1 N–H and O–H groups in total. The summed E-state index contributed by atoms with van der Waals surface area (Å²) in [6.07, 6.45) is 1.56. The Hall–Kier alpha value is -3.27. The van der Waals surface area contributed by atoms with Gasteiger partial charge in [0, 0.05) is 18.7 Å². The number of nitrogens with one attached hydrogen (secondary N) is 1. The van der Waals surface area contributed by atoms with Gasteiger partial charge in [0.25, 0.3) is 0 Å². The first-order valence-corrected chi connectivity index (χ1v) is 13.4. The minimum Gasteiger partial charge on any atom is -0.486 e. The van der Waals surface area contributed by atoms with Crippen LogP contribution in [0, 0.1) is 0 Å². The van der Waals surface area contributed by atoms with Crippen molar-refractivity contribution >= 4 is 27.5 Å². The maximum absolute atomic E-state index is 13.5. The smallest absolute Gasteiger partial charge is 0.244 e. The van der Waals surface area contributed by atoms with E-state index >= 15 is 0 Å². The van der Waals surface area contributed by atoms with E-state index in [1.54, 1.807) is 25.1 Å². The molecule has 0 bridgehead atoms. The molecule has 2 amide bonds. The first-order valence-electron chi connectivity index (χ1n) is 11.6. The monoisotopic (exact) mass is 503 g/mol. The van der Waals surface area contributed by atoms with Crippen molar-refractivity contribution in [3.63, 3.8) is 0 Å². The summed E-state index contributed by atoms with van der Waals surface area (Å²) in [5, 5.41) is 2.83. The molecule has 190 valence electrons. The minimum atomic E-state index is -3.82. The molecule has 1 atom stereocenters. The summed E-state index contributed by atoms with van der Waals surface area (Å²) >= 11 is 0. The number of nitrogens with zero attached hydrogens (tertiary/aromatic N) is 2. The molecule has 0 spiro atoms. The number of ether oxygens (including phenoxy) is 2. The Balaban J connectivity index is 1.86. The zero-order valence-corrected chi connectivity index (χ0v) is 21.4. The van der Waals surface area contributed by atoms with Crippen LogP contribution in [0.4, 0.5) is 5.69 Å². The number of anilines is 1. The highest BCUT2D eigenvalue weighted by atomic mass is 32.2. The SMILES string of the molecule is CC(C)NC(=O)[C@@H](C)N(CCc1ccccc1)C(=O)CN(c1ccc2c(c1)OCCO2)S(C)(=O)=O. The Labute approximate surface area is 207 Å². The average molecular weight is 504 g/mol. The van der Waals surface area contributed by atoms with Gasteiger partial charge < -0.3 is 19.7 Å². The number of rotatable bonds is 10. The number of benzene rings is 2. The summed E-state index contributed by atoms with van der Waals surface area (Å²) in [6, 6.07) is 13.5. The highest BCUT2D eigenvalue weighted by molar-refractivity contribution is 7.92. The highest BCUT2D eigenvalue weighted by Gasteiger charge is 2.30. The van der Waals surface area contributed by atoms with Crippen molar-refractivity contribution in [1.29, 1.82) is 0 Å². The molecule has 1 aliphatic heterocycles. The summed E-state index contributed by atoms with van der Waals surface area (Å²) in [5.41, 5.74) is 1.29. The lowest BCUT2D eigenvalue weighted by Gasteiger charge is -2.32. The molecule has 0 saturated carbocycles. The van der Waals surface area contributed by atoms with Crippen LogP contribution in [-0.4, -0.2) is 69.8 Å². The van der Waals surface area contributed by atoms with E-state index in [0.29, 0.717) is 31.1 Å². The van der Waals surface area contributed by atoms with Gasteiger partial charge in [0.1, 0.15) is 25.8 Å². The van der Waals surface area contributed by atoms with Crippen molar-refractivity contribution in [2.45, 2.75) is 39.3 Å². The Bertz CT molecular complexity index is 1140. The van der Waals surface area contributed by atoms with E-state index in [0.717, 1.165) is 16.1 Å². The summed E-state index contributed by atoms with van der Waals surface area (Å²) in [5.74, 6) is 0.156. The highest BCUT2D eigenvalue weighted by Crippen LogP contribution is 2.34. The molecule has 2 aromatic rings. The predicted octanol–water partition coefficient (Wildman–Crippen LogP) is 2.21. The van der Waals surface area contributed by atoms with E-state index in [2.05, 4.69) is 5.32 Å². The maximum atomic E-state index is 13.5. The molecule has 0 saturated heterocycles. The minimum absolute atomic E-state index is 0.0961. The maximum Gasteiger partial charge on any atom is 0.244 e. The van der Waals surface area contributed by atoms with Gasteiger partial charge in [-0.3, -0.25) is 13.9 Å². The third-order valence-corrected chi connectivity index (χ3v) is 6.72. The predicted molar refractivity (Wildman–Crippen MR) is 134 cm³/mol. The third kappa shape index (κ3) is 7.11. The van der Waals surface area contributed by atoms with Gasteiger partial charge >= 0.3 is 0 Å². The first kappa shape index (κ1) is 26.3. The number of fused-ring (bicyclic) bond motifs is 1. The molecule has 2 aromatic carbocycles. The molecule has 0 fully saturated rings. The fraction of sp³-hybridized carbons (Fsp3) is 0.440. The molecule has 1 heterocycles. The van der Waals surface area contributed by atoms with Gasteiger partial charge in [-0.05, 0) is 44.9 Å². The lowest BCUT2D eigenvalue weighted by molar-refractivity contribution is -0.139. The van der Waals surface area contributed by atoms with Crippen LogP contribution >= 0.6 is 0 Å². The van der Waals surface area contributed by atoms with E-state index in [4.69, 9.17) is 9.47 Å². The lowest BCUT2D eigenvalue weighted by Crippen LogP contribution is -2.53. The summed E-state index contributed by atoms with van der Waals surface area (Å²) in [4.78, 5) is 27.7. The van der Waals surface area contributed by atoms with E-state index in [-0.39, 0.29) is 24.2 Å². The van der Waals surface area contributed by atoms with Crippen molar-refractivity contribution in [2.24, 2.45) is 0 Å². The molecule has 0 aromatic heterocycles. The van der Waals surface area contributed by atoms with Gasteiger partial charge in [-0.2, -0.15) is 0 Å². The Kier molecular flexibility index (Phi) is 8.61. The molecule has 0 aliphatic carbocycles. The standard InChI is InChI=1S/C25H33N3O6S/c1-18(2)26-25(30)19(3)27(13-12-20-8-6-5-7-9-20)24(29)17-28(35(4,31)32)21-10-11-22-23(16-21)34-15-14-33-22/h5-11,16,18-19H,12-15,17H2,1-4H3,(H,26,30)/t19-/m1/s1. The zero-order valence-electron chi connectivity index (χ0n) is 20.6. The molecule has 35 heavy (non-hydrogen) atoms. The summed E-state index contributed by atoms with van der Waals surface area (Å²) in [7, 11) is -3.82. The molecular weight excluding hydrogens is 470 g/mol. The van der Waals surface area contributed by atoms with Crippen molar-refractivity contribution in [3.05, 3.63) is 54.1 Å². The fourth-order valence-corrected chi connectivity index (χ4v) is 4.62. The van der Waals surface area contributed by atoms with Crippen LogP contribution < -0.4 is 19.1 Å². The van der Waals surface area contributed by atoms with Crippen LogP contribution in [0.15, 0.2) is 48.5 Å². The van der Waals surface area contributed by atoms with E-state index in [9.17, 15) is 18.0 Å². The van der Waals surface area contributed by atoms with Crippen LogP contribution in [0.25, 0.3) is 0 Å². The van der Waals surface area contributed by atoms with Crippen molar-refractivity contribution in [3.8, 4) is 11.5 Å². The molecule has 1 aliphatic rings. The van der Waals surface area contributed by atoms with E-state index in [1.807, 2.05) is 44.2 Å². The average Bonchev–Trinajstić information content (AvgIpc) is 2.81. The van der Waals surface area contributed by atoms with E-state index < -0.39 is 28.5 Å². The van der Waals surface area contributed by atoms with Crippen LogP contribution in [0.5, 0.6) is 11.5 Å². The number of hydrogen-bond acceptors (Lipinski definition) is 6. The molecule has 10 heteroatoms. The largest absolute Gasteiger partial charge is 0.486 e. The van der Waals surface area contributed by atoms with Gasteiger partial charge in [0.15, 0.2) is 11.5 Å². The van der Waals surface area contributed by atoms with Gasteiger partial charge in [0.2, 0.25) is 21.8 Å². The Morgan fingerprint density at radius 3 is 2.29 bits per heavy atom. The van der Waals surface area contributed by atoms with Crippen molar-refractivity contribution in [2.75, 3.05) is 36.9 Å². The van der Waals surface area contributed by atoms with Gasteiger partial charge in [-0.1, -0.05) is 30.3 Å². The molecule has 0 radical (unpaired) electrons. The summed E-state index contributed by atoms with van der Waals surface area (Å²) < 4.78 is 37.5. The molecular formula is C25H33N3O6S. The van der Waals surface area contributed by atoms with E-state index in [1.165, 1.54) is 4.90 Å². The van der Waals surface area contributed by atoms with Crippen LogP contribution in [-0.2, 0) is 26.0 Å². The van der Waals surface area contributed by atoms with Crippen molar-refractivity contribution in [1.82, 2.24) is 10.2 Å². The first-order chi connectivity index (χ1) is 16.6. The molecule has 0 unspecified atom stereocenters. The molecule has 3 rings (SSSR count). The summed E-state index contributed by atoms with van der Waals surface area (Å²) in [6.45, 7) is 5.90.